The Bertz CT molecular complexity index is 1080. The fourth-order valence-electron chi connectivity index (χ4n) is 2.97. The van der Waals surface area contributed by atoms with Crippen LogP contribution in [0.1, 0.15) is 16.7 Å². The zero-order valence-electron chi connectivity index (χ0n) is 14.6. The van der Waals surface area contributed by atoms with Gasteiger partial charge in [-0.05, 0) is 41.5 Å². The Morgan fingerprint density at radius 1 is 0.793 bits per heavy atom. The lowest BCUT2D eigenvalue weighted by molar-refractivity contribution is -0.138. The molecule has 0 saturated carbocycles. The minimum absolute atomic E-state index is 0.0724. The first-order chi connectivity index (χ1) is 13.6. The van der Waals surface area contributed by atoms with Gasteiger partial charge in [-0.25, -0.2) is 0 Å². The van der Waals surface area contributed by atoms with Gasteiger partial charge >= 0.3 is 12.4 Å². The Labute approximate surface area is 162 Å². The molecule has 2 nitrogen and oxygen atoms in total. The zero-order chi connectivity index (χ0) is 21.2. The summed E-state index contributed by atoms with van der Waals surface area (Å²) in [4.78, 5) is 4.13. The molecular weight excluding hydrogens is 394 g/mol. The summed E-state index contributed by atoms with van der Waals surface area (Å²) in [7, 11) is 0. The van der Waals surface area contributed by atoms with Crippen LogP contribution in [0.25, 0.3) is 22.4 Å². The molecule has 0 bridgehead atoms. The van der Waals surface area contributed by atoms with Gasteiger partial charge in [0.25, 0.3) is 0 Å². The van der Waals surface area contributed by atoms with Gasteiger partial charge in [0, 0.05) is 17.3 Å². The third-order valence-electron chi connectivity index (χ3n) is 4.25. The van der Waals surface area contributed by atoms with E-state index < -0.39 is 23.5 Å². The SMILES string of the molecule is N#CCc1ccnc(-c2cccc(C(F)(F)F)c2)c1-c1cccc(C(F)(F)F)c1. The van der Waals surface area contributed by atoms with Crippen LogP contribution in [0.3, 0.4) is 0 Å². The Balaban J connectivity index is 2.27. The van der Waals surface area contributed by atoms with Crippen molar-refractivity contribution in [3.63, 3.8) is 0 Å². The number of nitriles is 1. The highest BCUT2D eigenvalue weighted by atomic mass is 19.4. The largest absolute Gasteiger partial charge is 0.416 e. The molecule has 0 radical (unpaired) electrons. The quantitative estimate of drug-likeness (QED) is 0.465. The number of halogens is 6. The predicted octanol–water partition coefficient (Wildman–Crippen LogP) is 6.52. The molecule has 3 aromatic rings. The van der Waals surface area contributed by atoms with Crippen LogP contribution >= 0.6 is 0 Å². The summed E-state index contributed by atoms with van der Waals surface area (Å²) >= 11 is 0. The highest BCUT2D eigenvalue weighted by Gasteiger charge is 2.32. The minimum atomic E-state index is -4.59. The number of aromatic nitrogens is 1. The van der Waals surface area contributed by atoms with E-state index in [1.165, 1.54) is 36.5 Å². The first-order valence-corrected chi connectivity index (χ1v) is 8.31. The molecule has 0 atom stereocenters. The molecule has 1 aromatic heterocycles. The second-order valence-electron chi connectivity index (χ2n) is 6.19. The minimum Gasteiger partial charge on any atom is -0.256 e. The molecule has 148 valence electrons. The molecule has 2 aromatic carbocycles. The van der Waals surface area contributed by atoms with E-state index in [-0.39, 0.29) is 28.8 Å². The average Bonchev–Trinajstić information content (AvgIpc) is 2.67. The van der Waals surface area contributed by atoms with Gasteiger partial charge in [-0.1, -0.05) is 24.3 Å². The van der Waals surface area contributed by atoms with Crippen molar-refractivity contribution in [3.8, 4) is 28.5 Å². The molecule has 0 saturated heterocycles. The van der Waals surface area contributed by atoms with E-state index in [4.69, 9.17) is 5.26 Å². The summed E-state index contributed by atoms with van der Waals surface area (Å²) in [6.45, 7) is 0. The lowest BCUT2D eigenvalue weighted by atomic mass is 9.92. The van der Waals surface area contributed by atoms with E-state index in [0.717, 1.165) is 24.3 Å². The van der Waals surface area contributed by atoms with E-state index in [0.29, 0.717) is 5.56 Å². The van der Waals surface area contributed by atoms with Crippen molar-refractivity contribution in [2.24, 2.45) is 0 Å². The van der Waals surface area contributed by atoms with Crippen molar-refractivity contribution in [3.05, 3.63) is 77.5 Å². The first-order valence-electron chi connectivity index (χ1n) is 8.31. The second kappa shape index (κ2) is 7.59. The van der Waals surface area contributed by atoms with Crippen LogP contribution in [0.4, 0.5) is 26.3 Å². The molecule has 1 heterocycles. The van der Waals surface area contributed by atoms with Gasteiger partial charge in [-0.2, -0.15) is 31.6 Å². The Morgan fingerprint density at radius 2 is 1.34 bits per heavy atom. The zero-order valence-corrected chi connectivity index (χ0v) is 14.6. The lowest BCUT2D eigenvalue weighted by Gasteiger charge is -2.16. The van der Waals surface area contributed by atoms with Gasteiger partial charge in [0.05, 0.1) is 29.3 Å². The second-order valence-corrected chi connectivity index (χ2v) is 6.19. The van der Waals surface area contributed by atoms with Gasteiger partial charge in [-0.15, -0.1) is 0 Å². The molecule has 0 N–H and O–H groups in total. The van der Waals surface area contributed by atoms with Gasteiger partial charge in [0.15, 0.2) is 0 Å². The maximum Gasteiger partial charge on any atom is 0.416 e. The van der Waals surface area contributed by atoms with E-state index in [1.807, 2.05) is 6.07 Å². The average molecular weight is 406 g/mol. The van der Waals surface area contributed by atoms with Gasteiger partial charge in [0.2, 0.25) is 0 Å². The monoisotopic (exact) mass is 406 g/mol. The number of hydrogen-bond donors (Lipinski definition) is 0. The van der Waals surface area contributed by atoms with Crippen LogP contribution in [0.5, 0.6) is 0 Å². The van der Waals surface area contributed by atoms with Crippen LogP contribution in [0, 0.1) is 11.3 Å². The van der Waals surface area contributed by atoms with Crippen LogP contribution in [-0.4, -0.2) is 4.98 Å². The molecule has 0 aliphatic heterocycles. The summed E-state index contributed by atoms with van der Waals surface area (Å²) in [5.41, 5.74) is -0.969. The van der Waals surface area contributed by atoms with Crippen molar-refractivity contribution in [2.45, 2.75) is 18.8 Å². The smallest absolute Gasteiger partial charge is 0.256 e. The number of hydrogen-bond acceptors (Lipinski definition) is 2. The Kier molecular flexibility index (Phi) is 5.33. The standard InChI is InChI=1S/C21H12F6N2/c22-20(23,24)16-5-1-3-14(11-16)18-13(7-9-28)8-10-29-19(18)15-4-2-6-17(12-15)21(25,26)27/h1-6,8,10-12H,7H2. The summed E-state index contributed by atoms with van der Waals surface area (Å²) in [6.07, 6.45) is -8.00. The fourth-order valence-corrected chi connectivity index (χ4v) is 2.97. The third-order valence-corrected chi connectivity index (χ3v) is 4.25. The third kappa shape index (κ3) is 4.40. The van der Waals surface area contributed by atoms with Crippen molar-refractivity contribution in [1.82, 2.24) is 4.98 Å². The summed E-state index contributed by atoms with van der Waals surface area (Å²) in [5.74, 6) is 0. The van der Waals surface area contributed by atoms with Crippen LogP contribution in [0.15, 0.2) is 60.8 Å². The van der Waals surface area contributed by atoms with Gasteiger partial charge in [0.1, 0.15) is 0 Å². The van der Waals surface area contributed by atoms with E-state index >= 15 is 0 Å². The van der Waals surface area contributed by atoms with Gasteiger partial charge in [-0.3, -0.25) is 4.98 Å². The van der Waals surface area contributed by atoms with Crippen molar-refractivity contribution < 1.29 is 26.3 Å². The van der Waals surface area contributed by atoms with Crippen LogP contribution in [-0.2, 0) is 18.8 Å². The topological polar surface area (TPSA) is 36.7 Å². The van der Waals surface area contributed by atoms with E-state index in [1.54, 1.807) is 0 Å². The fraction of sp³-hybridized carbons (Fsp3) is 0.143. The molecule has 8 heteroatoms. The first kappa shape index (κ1) is 20.4. The Morgan fingerprint density at radius 3 is 1.90 bits per heavy atom. The maximum absolute atomic E-state index is 13.1. The van der Waals surface area contributed by atoms with Gasteiger partial charge < -0.3 is 0 Å². The van der Waals surface area contributed by atoms with Crippen molar-refractivity contribution in [2.75, 3.05) is 0 Å². The maximum atomic E-state index is 13.1. The number of benzene rings is 2. The highest BCUT2D eigenvalue weighted by Crippen LogP contribution is 2.39. The molecule has 0 fully saturated rings. The molecule has 0 spiro atoms. The van der Waals surface area contributed by atoms with Crippen LogP contribution < -0.4 is 0 Å². The number of nitrogens with zero attached hydrogens (tertiary/aromatic N) is 2. The molecular formula is C21H12F6N2. The van der Waals surface area contributed by atoms with E-state index in [2.05, 4.69) is 4.98 Å². The van der Waals surface area contributed by atoms with Crippen molar-refractivity contribution >= 4 is 0 Å². The Hall–Kier alpha value is -3.34. The lowest BCUT2D eigenvalue weighted by Crippen LogP contribution is -2.06. The summed E-state index contributed by atoms with van der Waals surface area (Å²) in [5, 5.41) is 9.09. The van der Waals surface area contributed by atoms with Crippen LogP contribution in [0.2, 0.25) is 0 Å². The molecule has 0 unspecified atom stereocenters. The van der Waals surface area contributed by atoms with E-state index in [9.17, 15) is 26.3 Å². The number of pyridine rings is 1. The predicted molar refractivity (Wildman–Crippen MR) is 94.4 cm³/mol. The molecule has 0 amide bonds. The molecule has 0 aliphatic rings. The normalized spacial score (nSPS) is 11.9. The highest BCUT2D eigenvalue weighted by molar-refractivity contribution is 5.83. The van der Waals surface area contributed by atoms with Crippen molar-refractivity contribution in [1.29, 1.82) is 5.26 Å². The molecule has 0 aliphatic carbocycles. The molecule has 29 heavy (non-hydrogen) atoms. The molecule has 3 rings (SSSR count). The summed E-state index contributed by atoms with van der Waals surface area (Å²) in [6, 6.07) is 12.2. The number of alkyl halides is 6. The summed E-state index contributed by atoms with van der Waals surface area (Å²) < 4.78 is 78.7. The number of rotatable bonds is 3.